The lowest BCUT2D eigenvalue weighted by molar-refractivity contribution is 0.394. The topological polar surface area (TPSA) is 0 Å². The fourth-order valence-corrected chi connectivity index (χ4v) is 9.37. The molecule has 0 saturated heterocycles. The quantitative estimate of drug-likeness (QED) is 0.104. The van der Waals surface area contributed by atoms with Gasteiger partial charge < -0.3 is 0 Å². The molecule has 222 valence electrons. The Hall–Kier alpha value is -3.65. The van der Waals surface area contributed by atoms with Crippen molar-refractivity contribution in [3.63, 3.8) is 0 Å². The minimum absolute atomic E-state index is 0.187. The van der Waals surface area contributed by atoms with E-state index in [1.165, 1.54) is 33.4 Å². The second-order valence-corrected chi connectivity index (χ2v) is 14.4. The van der Waals surface area contributed by atoms with E-state index in [1.807, 2.05) is 0 Å². The van der Waals surface area contributed by atoms with E-state index < -0.39 is 15.5 Å². The third-order valence-corrected chi connectivity index (χ3v) is 12.3. The lowest BCUT2D eigenvalue weighted by Crippen LogP contribution is -2.47. The summed E-state index contributed by atoms with van der Waals surface area (Å²) in [5, 5.41) is -1.78. The molecule has 3 heteroatoms. The van der Waals surface area contributed by atoms with E-state index in [0.717, 1.165) is 5.57 Å². The Morgan fingerprint density at radius 1 is 0.356 bits per heavy atom. The highest BCUT2D eigenvalue weighted by molar-refractivity contribution is 7.21. The molecule has 0 aliphatic rings. The fourth-order valence-electron chi connectivity index (χ4n) is 6.93. The lowest BCUT2D eigenvalue weighted by Gasteiger charge is -2.53. The van der Waals surface area contributed by atoms with Crippen LogP contribution in [0.25, 0.3) is 0 Å². The van der Waals surface area contributed by atoms with Crippen LogP contribution in [0.4, 0.5) is 0 Å². The SMILES string of the molecule is C=C(C(C(P)(c1ccccc1)c1ccccc1)C(P)(c1ccccc1)c1ccccc1)C(P)(c1ccccc1)c1ccccc1. The number of hydrogen-bond acceptors (Lipinski definition) is 0. The van der Waals surface area contributed by atoms with Crippen molar-refractivity contribution in [3.05, 3.63) is 228 Å². The van der Waals surface area contributed by atoms with Gasteiger partial charge in [0.1, 0.15) is 0 Å². The Morgan fingerprint density at radius 2 is 0.556 bits per heavy atom. The summed E-state index contributed by atoms with van der Waals surface area (Å²) in [5.41, 5.74) is 8.28. The van der Waals surface area contributed by atoms with E-state index in [2.05, 4.69) is 210 Å². The molecule has 45 heavy (non-hydrogen) atoms. The van der Waals surface area contributed by atoms with Gasteiger partial charge in [0, 0.05) is 16.2 Å². The highest BCUT2D eigenvalue weighted by Gasteiger charge is 2.55. The van der Waals surface area contributed by atoms with Gasteiger partial charge >= 0.3 is 0 Å². The molecule has 0 fully saturated rings. The van der Waals surface area contributed by atoms with Crippen LogP contribution in [-0.4, -0.2) is 0 Å². The summed E-state index contributed by atoms with van der Waals surface area (Å²) >= 11 is 0. The molecule has 6 rings (SSSR count). The zero-order valence-corrected chi connectivity index (χ0v) is 28.8. The minimum Gasteiger partial charge on any atom is -0.121 e. The van der Waals surface area contributed by atoms with Crippen LogP contribution in [0.1, 0.15) is 33.4 Å². The van der Waals surface area contributed by atoms with Crippen molar-refractivity contribution in [2.45, 2.75) is 15.5 Å². The fraction of sp³-hybridized carbons (Fsp3) is 0.0952. The maximum atomic E-state index is 5.17. The smallest absolute Gasteiger partial charge is 0.0552 e. The molecule has 3 unspecified atom stereocenters. The van der Waals surface area contributed by atoms with Crippen molar-refractivity contribution >= 4 is 27.7 Å². The highest BCUT2D eigenvalue weighted by Crippen LogP contribution is 2.64. The molecular weight excluding hydrogens is 597 g/mol. The molecule has 0 aliphatic heterocycles. The Bertz CT molecular complexity index is 1610. The summed E-state index contributed by atoms with van der Waals surface area (Å²) in [6.07, 6.45) is 0. The monoisotopic (exact) mass is 636 g/mol. The summed E-state index contributed by atoms with van der Waals surface area (Å²) in [6, 6.07) is 65.3. The molecule has 6 aromatic carbocycles. The molecule has 0 spiro atoms. The van der Waals surface area contributed by atoms with Gasteiger partial charge in [0.2, 0.25) is 0 Å². The van der Waals surface area contributed by atoms with Gasteiger partial charge in [0.25, 0.3) is 0 Å². The molecule has 0 amide bonds. The van der Waals surface area contributed by atoms with Gasteiger partial charge in [-0.2, -0.15) is 0 Å². The van der Waals surface area contributed by atoms with Crippen molar-refractivity contribution in [1.29, 1.82) is 0 Å². The zero-order chi connectivity index (χ0) is 31.3. The average molecular weight is 637 g/mol. The van der Waals surface area contributed by atoms with Crippen molar-refractivity contribution in [2.75, 3.05) is 0 Å². The maximum absolute atomic E-state index is 5.17. The first-order chi connectivity index (χ1) is 21.9. The van der Waals surface area contributed by atoms with Crippen LogP contribution in [0, 0.1) is 5.92 Å². The maximum Gasteiger partial charge on any atom is 0.0552 e. The van der Waals surface area contributed by atoms with Gasteiger partial charge in [-0.3, -0.25) is 0 Å². The second-order valence-electron chi connectivity index (χ2n) is 11.7. The van der Waals surface area contributed by atoms with Crippen LogP contribution in [0.3, 0.4) is 0 Å². The highest BCUT2D eigenvalue weighted by atomic mass is 31.0. The second kappa shape index (κ2) is 13.4. The van der Waals surface area contributed by atoms with E-state index >= 15 is 0 Å². The summed E-state index contributed by atoms with van der Waals surface area (Å²) < 4.78 is 0. The molecule has 3 atom stereocenters. The van der Waals surface area contributed by atoms with Crippen LogP contribution in [0.5, 0.6) is 0 Å². The van der Waals surface area contributed by atoms with E-state index in [-0.39, 0.29) is 5.92 Å². The third-order valence-electron chi connectivity index (χ3n) is 9.23. The Balaban J connectivity index is 1.76. The van der Waals surface area contributed by atoms with E-state index in [1.54, 1.807) is 0 Å². The zero-order valence-electron chi connectivity index (χ0n) is 25.3. The van der Waals surface area contributed by atoms with Gasteiger partial charge in [-0.1, -0.05) is 194 Å². The number of rotatable bonds is 10. The lowest BCUT2D eigenvalue weighted by atomic mass is 9.61. The Kier molecular flexibility index (Phi) is 9.31. The predicted molar refractivity (Wildman–Crippen MR) is 203 cm³/mol. The van der Waals surface area contributed by atoms with Crippen LogP contribution >= 0.6 is 27.7 Å². The minimum atomic E-state index is -0.607. The molecule has 0 heterocycles. The molecule has 0 bridgehead atoms. The van der Waals surface area contributed by atoms with Gasteiger partial charge in [0.05, 0.1) is 5.16 Å². The number of allylic oxidation sites excluding steroid dienone is 1. The standard InChI is InChI=1S/C42H39P3/c1-32(40(43,33-20-8-2-9-21-33)34-22-10-3-11-23-34)39(41(44,35-24-12-4-13-25-35)36-26-14-5-15-27-36)42(45,37-28-16-6-17-29-37)38-30-18-7-19-31-38/h2-31,39H,1,43-45H2. The third kappa shape index (κ3) is 5.66. The van der Waals surface area contributed by atoms with E-state index in [9.17, 15) is 0 Å². The molecule has 0 nitrogen and oxygen atoms in total. The Morgan fingerprint density at radius 3 is 0.778 bits per heavy atom. The molecule has 0 aromatic heterocycles. The van der Waals surface area contributed by atoms with Crippen LogP contribution < -0.4 is 0 Å². The van der Waals surface area contributed by atoms with E-state index in [0.29, 0.717) is 0 Å². The number of benzene rings is 6. The van der Waals surface area contributed by atoms with Crippen molar-refractivity contribution in [3.8, 4) is 0 Å². The summed E-state index contributed by atoms with van der Waals surface area (Å²) in [5.74, 6) is -0.187. The first-order valence-electron chi connectivity index (χ1n) is 15.3. The largest absolute Gasteiger partial charge is 0.121 e. The first kappa shape index (κ1) is 31.3. The normalized spacial score (nSPS) is 12.2. The van der Waals surface area contributed by atoms with Crippen LogP contribution in [0.2, 0.25) is 0 Å². The first-order valence-corrected chi connectivity index (χ1v) is 17.0. The predicted octanol–water partition coefficient (Wildman–Crippen LogP) is 10.6. The van der Waals surface area contributed by atoms with Crippen LogP contribution in [0.15, 0.2) is 194 Å². The molecule has 0 saturated carbocycles. The molecular formula is C42H39P3. The van der Waals surface area contributed by atoms with Gasteiger partial charge in [-0.15, -0.1) is 27.7 Å². The summed E-state index contributed by atoms with van der Waals surface area (Å²) in [7, 11) is 10.0. The van der Waals surface area contributed by atoms with Gasteiger partial charge in [-0.05, 0) is 33.4 Å². The molecule has 0 aliphatic carbocycles. The van der Waals surface area contributed by atoms with E-state index in [4.69, 9.17) is 6.58 Å². The Labute approximate surface area is 275 Å². The summed E-state index contributed by atoms with van der Waals surface area (Å²) in [4.78, 5) is 0. The average Bonchev–Trinajstić information content (AvgIpc) is 3.13. The van der Waals surface area contributed by atoms with Crippen molar-refractivity contribution in [1.82, 2.24) is 0 Å². The van der Waals surface area contributed by atoms with Crippen LogP contribution in [-0.2, 0) is 15.5 Å². The molecule has 0 N–H and O–H groups in total. The van der Waals surface area contributed by atoms with Crippen molar-refractivity contribution < 1.29 is 0 Å². The van der Waals surface area contributed by atoms with Gasteiger partial charge in [-0.25, -0.2) is 0 Å². The summed E-state index contributed by atoms with van der Waals surface area (Å²) in [6.45, 7) is 5.17. The molecule has 6 aromatic rings. The number of hydrogen-bond donors (Lipinski definition) is 0. The molecule has 0 radical (unpaired) electrons. The van der Waals surface area contributed by atoms with Crippen molar-refractivity contribution in [2.24, 2.45) is 5.92 Å². The van der Waals surface area contributed by atoms with Gasteiger partial charge in [0.15, 0.2) is 0 Å².